The summed E-state index contributed by atoms with van der Waals surface area (Å²) in [5.41, 5.74) is 0. The lowest BCUT2D eigenvalue weighted by atomic mass is 9.88. The molecule has 1 unspecified atom stereocenters. The van der Waals surface area contributed by atoms with Crippen LogP contribution >= 0.6 is 0 Å². The van der Waals surface area contributed by atoms with Gasteiger partial charge in [-0.05, 0) is 24.9 Å². The molecule has 1 aromatic heterocycles. The number of rotatable bonds is 5. The summed E-state index contributed by atoms with van der Waals surface area (Å²) in [6, 6.07) is 0. The topological polar surface area (TPSA) is 59.0 Å². The van der Waals surface area contributed by atoms with E-state index in [4.69, 9.17) is 0 Å². The third-order valence-corrected chi connectivity index (χ3v) is 3.45. The normalized spacial score (nSPS) is 17.6. The lowest BCUT2D eigenvalue weighted by Gasteiger charge is -2.31. The van der Waals surface area contributed by atoms with Crippen molar-refractivity contribution in [2.24, 2.45) is 17.8 Å². The third kappa shape index (κ3) is 2.90. The number of carbonyl (C=O) groups excluding carboxylic acids is 1. The van der Waals surface area contributed by atoms with Gasteiger partial charge in [0, 0.05) is 24.9 Å². The first-order chi connectivity index (χ1) is 8.58. The smallest absolute Gasteiger partial charge is 0.229 e. The molecular formula is C13H22N4O. The summed E-state index contributed by atoms with van der Waals surface area (Å²) >= 11 is 0. The molecule has 2 heterocycles. The fourth-order valence-electron chi connectivity index (χ4n) is 2.08. The van der Waals surface area contributed by atoms with Crippen molar-refractivity contribution in [3.8, 4) is 0 Å². The Hall–Kier alpha value is -1.36. The number of amides is 1. The van der Waals surface area contributed by atoms with Crippen LogP contribution in [0.5, 0.6) is 0 Å². The standard InChI is InChI=1S/C13H22N4O/c1-9(2)8-17-5-4-15-13(17)16-12(18)10(3)11-6-14-7-11/h4-5,9-11,14H,6-8H2,1-3H3,(H,15,16,18). The van der Waals surface area contributed by atoms with E-state index in [0.717, 1.165) is 19.6 Å². The maximum absolute atomic E-state index is 12.1. The van der Waals surface area contributed by atoms with Gasteiger partial charge in [-0.1, -0.05) is 20.8 Å². The van der Waals surface area contributed by atoms with E-state index in [-0.39, 0.29) is 11.8 Å². The minimum absolute atomic E-state index is 0.0375. The lowest BCUT2D eigenvalue weighted by molar-refractivity contribution is -0.121. The first-order valence-corrected chi connectivity index (χ1v) is 6.60. The largest absolute Gasteiger partial charge is 0.317 e. The quantitative estimate of drug-likeness (QED) is 0.829. The van der Waals surface area contributed by atoms with Crippen molar-refractivity contribution in [3.05, 3.63) is 12.4 Å². The Labute approximate surface area is 108 Å². The average molecular weight is 250 g/mol. The highest BCUT2D eigenvalue weighted by Gasteiger charge is 2.29. The van der Waals surface area contributed by atoms with Gasteiger partial charge in [0.2, 0.25) is 11.9 Å². The van der Waals surface area contributed by atoms with Crippen molar-refractivity contribution >= 4 is 11.9 Å². The summed E-state index contributed by atoms with van der Waals surface area (Å²) < 4.78 is 1.99. The minimum Gasteiger partial charge on any atom is -0.317 e. The molecule has 2 N–H and O–H groups in total. The first-order valence-electron chi connectivity index (χ1n) is 6.60. The molecule has 0 aromatic carbocycles. The van der Waals surface area contributed by atoms with Gasteiger partial charge in [0.25, 0.3) is 0 Å². The molecule has 1 amide bonds. The van der Waals surface area contributed by atoms with Gasteiger partial charge in [0.1, 0.15) is 0 Å². The van der Waals surface area contributed by atoms with Crippen LogP contribution in [0.4, 0.5) is 5.95 Å². The Morgan fingerprint density at radius 3 is 2.83 bits per heavy atom. The number of hydrogen-bond acceptors (Lipinski definition) is 3. The van der Waals surface area contributed by atoms with Gasteiger partial charge in [-0.2, -0.15) is 0 Å². The number of nitrogens with one attached hydrogen (secondary N) is 2. The Morgan fingerprint density at radius 1 is 1.56 bits per heavy atom. The summed E-state index contributed by atoms with van der Waals surface area (Å²) in [7, 11) is 0. The van der Waals surface area contributed by atoms with E-state index in [9.17, 15) is 4.79 Å². The lowest BCUT2D eigenvalue weighted by Crippen LogP contribution is -2.48. The molecular weight excluding hydrogens is 228 g/mol. The Morgan fingerprint density at radius 2 is 2.28 bits per heavy atom. The highest BCUT2D eigenvalue weighted by atomic mass is 16.2. The zero-order valence-electron chi connectivity index (χ0n) is 11.3. The fourth-order valence-corrected chi connectivity index (χ4v) is 2.08. The van der Waals surface area contributed by atoms with Crippen LogP contribution in [0.3, 0.4) is 0 Å². The van der Waals surface area contributed by atoms with Gasteiger partial charge < -0.3 is 9.88 Å². The van der Waals surface area contributed by atoms with E-state index in [1.807, 2.05) is 17.7 Å². The predicted octanol–water partition coefficient (Wildman–Crippen LogP) is 1.33. The highest BCUT2D eigenvalue weighted by Crippen LogP contribution is 2.18. The molecule has 1 aromatic rings. The predicted molar refractivity (Wildman–Crippen MR) is 71.2 cm³/mol. The monoisotopic (exact) mass is 250 g/mol. The molecule has 1 aliphatic heterocycles. The summed E-state index contributed by atoms with van der Waals surface area (Å²) in [4.78, 5) is 16.3. The maximum Gasteiger partial charge on any atom is 0.229 e. The maximum atomic E-state index is 12.1. The van der Waals surface area contributed by atoms with Crippen LogP contribution in [-0.4, -0.2) is 28.5 Å². The molecule has 5 heteroatoms. The Bertz CT molecular complexity index is 409. The molecule has 0 spiro atoms. The molecule has 18 heavy (non-hydrogen) atoms. The number of hydrogen-bond donors (Lipinski definition) is 2. The Kier molecular flexibility index (Phi) is 4.01. The zero-order chi connectivity index (χ0) is 13.1. The van der Waals surface area contributed by atoms with Gasteiger partial charge in [-0.25, -0.2) is 4.98 Å². The fraction of sp³-hybridized carbons (Fsp3) is 0.692. The van der Waals surface area contributed by atoms with Gasteiger partial charge in [0.05, 0.1) is 0 Å². The molecule has 0 bridgehead atoms. The molecule has 1 aliphatic rings. The van der Waals surface area contributed by atoms with Crippen LogP contribution < -0.4 is 10.6 Å². The summed E-state index contributed by atoms with van der Waals surface area (Å²) in [5, 5.41) is 6.12. The molecule has 0 radical (unpaired) electrons. The number of anilines is 1. The SMILES string of the molecule is CC(C)Cn1ccnc1NC(=O)C(C)C1CNC1. The molecule has 2 rings (SSSR count). The second-order valence-corrected chi connectivity index (χ2v) is 5.49. The molecule has 0 saturated carbocycles. The van der Waals surface area contributed by atoms with E-state index in [1.54, 1.807) is 6.20 Å². The van der Waals surface area contributed by atoms with Crippen molar-refractivity contribution in [1.29, 1.82) is 0 Å². The summed E-state index contributed by atoms with van der Waals surface area (Å²) in [6.07, 6.45) is 3.64. The Balaban J connectivity index is 1.95. The molecule has 5 nitrogen and oxygen atoms in total. The van der Waals surface area contributed by atoms with E-state index in [1.165, 1.54) is 0 Å². The first kappa shape index (κ1) is 13.1. The van der Waals surface area contributed by atoms with Gasteiger partial charge in [-0.15, -0.1) is 0 Å². The molecule has 1 atom stereocenters. The van der Waals surface area contributed by atoms with Gasteiger partial charge >= 0.3 is 0 Å². The number of imidazole rings is 1. The van der Waals surface area contributed by atoms with Crippen molar-refractivity contribution in [2.75, 3.05) is 18.4 Å². The second kappa shape index (κ2) is 5.52. The van der Waals surface area contributed by atoms with E-state index in [0.29, 0.717) is 17.8 Å². The van der Waals surface area contributed by atoms with E-state index in [2.05, 4.69) is 29.5 Å². The van der Waals surface area contributed by atoms with Crippen molar-refractivity contribution < 1.29 is 4.79 Å². The van der Waals surface area contributed by atoms with Crippen LogP contribution in [-0.2, 0) is 11.3 Å². The summed E-state index contributed by atoms with van der Waals surface area (Å²) in [5.74, 6) is 1.75. The number of nitrogens with zero attached hydrogens (tertiary/aromatic N) is 2. The number of carbonyl (C=O) groups is 1. The van der Waals surface area contributed by atoms with Gasteiger partial charge in [-0.3, -0.25) is 10.1 Å². The molecule has 0 aliphatic carbocycles. The van der Waals surface area contributed by atoms with E-state index < -0.39 is 0 Å². The van der Waals surface area contributed by atoms with Crippen LogP contribution in [0, 0.1) is 17.8 Å². The molecule has 1 fully saturated rings. The van der Waals surface area contributed by atoms with Crippen LogP contribution in [0.15, 0.2) is 12.4 Å². The highest BCUT2D eigenvalue weighted by molar-refractivity contribution is 5.91. The molecule has 100 valence electrons. The zero-order valence-corrected chi connectivity index (χ0v) is 11.3. The van der Waals surface area contributed by atoms with Crippen LogP contribution in [0.1, 0.15) is 20.8 Å². The van der Waals surface area contributed by atoms with Gasteiger partial charge in [0.15, 0.2) is 0 Å². The minimum atomic E-state index is 0.0375. The summed E-state index contributed by atoms with van der Waals surface area (Å²) in [6.45, 7) is 9.03. The average Bonchev–Trinajstić information content (AvgIpc) is 2.62. The third-order valence-electron chi connectivity index (χ3n) is 3.45. The van der Waals surface area contributed by atoms with Crippen LogP contribution in [0.2, 0.25) is 0 Å². The van der Waals surface area contributed by atoms with Crippen molar-refractivity contribution in [1.82, 2.24) is 14.9 Å². The second-order valence-electron chi connectivity index (χ2n) is 5.49. The van der Waals surface area contributed by atoms with Crippen molar-refractivity contribution in [2.45, 2.75) is 27.3 Å². The molecule has 1 saturated heterocycles. The van der Waals surface area contributed by atoms with Crippen molar-refractivity contribution in [3.63, 3.8) is 0 Å². The van der Waals surface area contributed by atoms with E-state index >= 15 is 0 Å². The van der Waals surface area contributed by atoms with Crippen LogP contribution in [0.25, 0.3) is 0 Å². The number of aromatic nitrogens is 2.